The van der Waals surface area contributed by atoms with Gasteiger partial charge in [-0.2, -0.15) is 0 Å². The lowest BCUT2D eigenvalue weighted by atomic mass is 9.78. The zero-order chi connectivity index (χ0) is 15.6. The first-order chi connectivity index (χ1) is 10.6. The van der Waals surface area contributed by atoms with E-state index in [2.05, 4.69) is 17.1 Å². The lowest BCUT2D eigenvalue weighted by Crippen LogP contribution is -2.54. The van der Waals surface area contributed by atoms with Crippen molar-refractivity contribution in [2.45, 2.75) is 63.9 Å². The molecule has 0 aromatic heterocycles. The van der Waals surface area contributed by atoms with Crippen LogP contribution in [0.1, 0.15) is 58.3 Å². The van der Waals surface area contributed by atoms with E-state index in [1.165, 1.54) is 44.9 Å². The van der Waals surface area contributed by atoms with E-state index in [0.29, 0.717) is 18.4 Å². The van der Waals surface area contributed by atoms with Crippen LogP contribution in [-0.4, -0.2) is 47.7 Å². The average molecular weight is 308 g/mol. The van der Waals surface area contributed by atoms with Crippen molar-refractivity contribution in [3.8, 4) is 0 Å². The molecule has 4 nitrogen and oxygen atoms in total. The number of aliphatic hydroxyl groups is 1. The van der Waals surface area contributed by atoms with Crippen LogP contribution < -0.4 is 5.32 Å². The fourth-order valence-corrected chi connectivity index (χ4v) is 4.46. The Morgan fingerprint density at radius 1 is 1.23 bits per heavy atom. The van der Waals surface area contributed by atoms with Crippen LogP contribution >= 0.6 is 0 Å². The van der Waals surface area contributed by atoms with Gasteiger partial charge in [0.05, 0.1) is 12.1 Å². The summed E-state index contributed by atoms with van der Waals surface area (Å²) < 4.78 is 0. The molecule has 3 aliphatic rings. The van der Waals surface area contributed by atoms with Crippen LogP contribution in [0.25, 0.3) is 0 Å². The number of amides is 1. The molecule has 2 saturated carbocycles. The lowest BCUT2D eigenvalue weighted by Gasteiger charge is -2.43. The van der Waals surface area contributed by atoms with E-state index in [9.17, 15) is 9.90 Å². The minimum Gasteiger partial charge on any atom is -0.389 e. The fraction of sp³-hybridized carbons (Fsp3) is 0.944. The molecule has 4 heteroatoms. The van der Waals surface area contributed by atoms with Crippen LogP contribution in [0.3, 0.4) is 0 Å². The average Bonchev–Trinajstić information content (AvgIpc) is 3.35. The van der Waals surface area contributed by atoms with Crippen LogP contribution in [0.2, 0.25) is 0 Å². The molecule has 126 valence electrons. The van der Waals surface area contributed by atoms with Crippen LogP contribution in [0.4, 0.5) is 0 Å². The number of piperidine rings is 1. The molecule has 1 amide bonds. The van der Waals surface area contributed by atoms with E-state index in [-0.39, 0.29) is 11.8 Å². The van der Waals surface area contributed by atoms with Crippen molar-refractivity contribution in [1.82, 2.24) is 10.2 Å². The van der Waals surface area contributed by atoms with Gasteiger partial charge < -0.3 is 10.4 Å². The highest BCUT2D eigenvalue weighted by atomic mass is 16.3. The number of carbonyl (C=O) groups is 1. The molecule has 3 rings (SSSR count). The highest BCUT2D eigenvalue weighted by Gasteiger charge is 2.49. The smallest absolute Gasteiger partial charge is 0.234 e. The lowest BCUT2D eigenvalue weighted by molar-refractivity contribution is -0.126. The largest absolute Gasteiger partial charge is 0.389 e. The molecule has 1 aliphatic heterocycles. The van der Waals surface area contributed by atoms with Gasteiger partial charge in [-0.25, -0.2) is 0 Å². The zero-order valence-corrected chi connectivity index (χ0v) is 14.0. The second-order valence-corrected chi connectivity index (χ2v) is 7.96. The van der Waals surface area contributed by atoms with E-state index >= 15 is 0 Å². The maximum atomic E-state index is 12.2. The molecule has 2 atom stereocenters. The maximum Gasteiger partial charge on any atom is 0.234 e. The highest BCUT2D eigenvalue weighted by Crippen LogP contribution is 2.47. The molecular formula is C18H32N2O2. The van der Waals surface area contributed by atoms with E-state index in [1.54, 1.807) is 0 Å². The summed E-state index contributed by atoms with van der Waals surface area (Å²) in [6, 6.07) is 0. The van der Waals surface area contributed by atoms with Gasteiger partial charge in [-0.3, -0.25) is 9.69 Å². The number of rotatable bonds is 5. The van der Waals surface area contributed by atoms with E-state index < -0.39 is 5.60 Å². The van der Waals surface area contributed by atoms with E-state index in [1.807, 2.05) is 0 Å². The summed E-state index contributed by atoms with van der Waals surface area (Å²) in [7, 11) is 0. The fourth-order valence-electron chi connectivity index (χ4n) is 4.46. The third kappa shape index (κ3) is 3.83. The molecule has 2 unspecified atom stereocenters. The van der Waals surface area contributed by atoms with Crippen LogP contribution in [0.5, 0.6) is 0 Å². The summed E-state index contributed by atoms with van der Waals surface area (Å²) in [5, 5.41) is 13.9. The minimum atomic E-state index is -0.463. The molecule has 2 N–H and O–H groups in total. The Balaban J connectivity index is 1.38. The monoisotopic (exact) mass is 308 g/mol. The van der Waals surface area contributed by atoms with Crippen molar-refractivity contribution in [3.05, 3.63) is 0 Å². The molecule has 22 heavy (non-hydrogen) atoms. The molecule has 1 saturated heterocycles. The standard InChI is InChI=1S/C18H32N2O2/c1-14-12-20(10-9-18(14,22)16-7-8-16)13-17(21)19-11-15-5-3-2-4-6-15/h14-16,22H,2-13H2,1H3,(H,19,21). The molecule has 2 aliphatic carbocycles. The third-order valence-corrected chi connectivity index (χ3v) is 6.18. The van der Waals surface area contributed by atoms with Gasteiger partial charge in [-0.1, -0.05) is 26.2 Å². The highest BCUT2D eigenvalue weighted by molar-refractivity contribution is 5.78. The Bertz CT molecular complexity index is 391. The first kappa shape index (κ1) is 16.3. The van der Waals surface area contributed by atoms with Gasteiger partial charge in [0.25, 0.3) is 0 Å². The van der Waals surface area contributed by atoms with Gasteiger partial charge in [-0.05, 0) is 49.9 Å². The predicted molar refractivity (Wildman–Crippen MR) is 87.5 cm³/mol. The third-order valence-electron chi connectivity index (χ3n) is 6.18. The quantitative estimate of drug-likeness (QED) is 0.818. The number of nitrogens with one attached hydrogen (secondary N) is 1. The van der Waals surface area contributed by atoms with Crippen molar-refractivity contribution in [3.63, 3.8) is 0 Å². The Hall–Kier alpha value is -0.610. The van der Waals surface area contributed by atoms with Crippen molar-refractivity contribution in [2.75, 3.05) is 26.2 Å². The number of likely N-dealkylation sites (tertiary alicyclic amines) is 1. The van der Waals surface area contributed by atoms with Crippen LogP contribution in [0.15, 0.2) is 0 Å². The van der Waals surface area contributed by atoms with E-state index in [0.717, 1.165) is 26.1 Å². The molecule has 0 bridgehead atoms. The summed E-state index contributed by atoms with van der Waals surface area (Å²) in [4.78, 5) is 14.4. The number of hydrogen-bond acceptors (Lipinski definition) is 3. The van der Waals surface area contributed by atoms with E-state index in [4.69, 9.17) is 0 Å². The summed E-state index contributed by atoms with van der Waals surface area (Å²) >= 11 is 0. The first-order valence-electron chi connectivity index (χ1n) is 9.29. The second kappa shape index (κ2) is 6.88. The Morgan fingerprint density at radius 3 is 2.59 bits per heavy atom. The molecule has 0 aromatic rings. The van der Waals surface area contributed by atoms with Gasteiger partial charge in [-0.15, -0.1) is 0 Å². The maximum absolute atomic E-state index is 12.2. The summed E-state index contributed by atoms with van der Waals surface area (Å²) in [5.74, 6) is 1.65. The van der Waals surface area contributed by atoms with Gasteiger partial charge >= 0.3 is 0 Å². The van der Waals surface area contributed by atoms with Crippen molar-refractivity contribution in [2.24, 2.45) is 17.8 Å². The molecule has 0 aromatic carbocycles. The van der Waals surface area contributed by atoms with Crippen LogP contribution in [-0.2, 0) is 4.79 Å². The van der Waals surface area contributed by atoms with Crippen molar-refractivity contribution >= 4 is 5.91 Å². The number of nitrogens with zero attached hydrogens (tertiary/aromatic N) is 1. The van der Waals surface area contributed by atoms with Gasteiger partial charge in [0.1, 0.15) is 0 Å². The summed E-state index contributed by atoms with van der Waals surface area (Å²) in [5.41, 5.74) is -0.463. The Kier molecular flexibility index (Phi) is 5.08. The van der Waals surface area contributed by atoms with Gasteiger partial charge in [0.15, 0.2) is 0 Å². The Labute approximate surface area is 134 Å². The normalized spacial score (nSPS) is 34.5. The van der Waals surface area contributed by atoms with Crippen molar-refractivity contribution < 1.29 is 9.90 Å². The predicted octanol–water partition coefficient (Wildman–Crippen LogP) is 2.17. The van der Waals surface area contributed by atoms with Gasteiger partial charge in [0.2, 0.25) is 5.91 Å². The SMILES string of the molecule is CC1CN(CC(=O)NCC2CCCCC2)CCC1(O)C1CC1. The molecular weight excluding hydrogens is 276 g/mol. The number of hydrogen-bond donors (Lipinski definition) is 2. The summed E-state index contributed by atoms with van der Waals surface area (Å²) in [6.07, 6.45) is 9.75. The molecule has 1 heterocycles. The van der Waals surface area contributed by atoms with Crippen LogP contribution in [0, 0.1) is 17.8 Å². The van der Waals surface area contributed by atoms with Crippen molar-refractivity contribution in [1.29, 1.82) is 0 Å². The zero-order valence-electron chi connectivity index (χ0n) is 14.0. The number of carbonyl (C=O) groups excluding carboxylic acids is 1. The second-order valence-electron chi connectivity index (χ2n) is 7.96. The first-order valence-corrected chi connectivity index (χ1v) is 9.29. The Morgan fingerprint density at radius 2 is 1.95 bits per heavy atom. The molecule has 0 radical (unpaired) electrons. The topological polar surface area (TPSA) is 52.6 Å². The van der Waals surface area contributed by atoms with Gasteiger partial charge in [0, 0.05) is 19.6 Å². The molecule has 0 spiro atoms. The molecule has 3 fully saturated rings. The summed E-state index contributed by atoms with van der Waals surface area (Å²) in [6.45, 7) is 5.20. The minimum absolute atomic E-state index is 0.162.